The Hall–Kier alpha value is -2.63. The van der Waals surface area contributed by atoms with E-state index in [1.54, 1.807) is 12.1 Å². The van der Waals surface area contributed by atoms with Crippen molar-refractivity contribution in [2.24, 2.45) is 0 Å². The number of amides is 1. The van der Waals surface area contributed by atoms with Crippen LogP contribution in [0.5, 0.6) is 5.75 Å². The molecule has 1 aliphatic carbocycles. The van der Waals surface area contributed by atoms with Crippen molar-refractivity contribution >= 4 is 6.09 Å². The Bertz CT molecular complexity index is 867. The number of ether oxygens (including phenoxy) is 1. The monoisotopic (exact) mass is 367 g/mol. The zero-order valence-corrected chi connectivity index (χ0v) is 16.0. The molecule has 4 rings (SSSR count). The summed E-state index contributed by atoms with van der Waals surface area (Å²) in [4.78, 5) is 23.9. The third kappa shape index (κ3) is 3.36. The summed E-state index contributed by atoms with van der Waals surface area (Å²) in [6.45, 7) is 6.16. The summed E-state index contributed by atoms with van der Waals surface area (Å²) < 4.78 is 5.65. The Morgan fingerprint density at radius 2 is 1.93 bits per heavy atom. The predicted octanol–water partition coefficient (Wildman–Crippen LogP) is 4.07. The van der Waals surface area contributed by atoms with Crippen molar-refractivity contribution < 1.29 is 14.6 Å². The molecule has 1 aromatic heterocycles. The van der Waals surface area contributed by atoms with Crippen molar-refractivity contribution in [3.05, 3.63) is 41.7 Å². The van der Waals surface area contributed by atoms with Gasteiger partial charge in [-0.3, -0.25) is 4.90 Å². The van der Waals surface area contributed by atoms with Crippen LogP contribution < -0.4 is 0 Å². The van der Waals surface area contributed by atoms with E-state index in [1.807, 2.05) is 44.0 Å². The van der Waals surface area contributed by atoms with Crippen LogP contribution in [0.25, 0.3) is 11.4 Å². The van der Waals surface area contributed by atoms with Crippen LogP contribution in [0.3, 0.4) is 0 Å². The molecule has 0 saturated heterocycles. The molecule has 142 valence electrons. The molecule has 1 aromatic carbocycles. The topological polar surface area (TPSA) is 75.5 Å². The number of nitrogens with zero attached hydrogens (tertiary/aromatic N) is 3. The largest absolute Gasteiger partial charge is 0.508 e. The minimum Gasteiger partial charge on any atom is -0.508 e. The number of aromatic hydroxyl groups is 1. The van der Waals surface area contributed by atoms with Crippen molar-refractivity contribution in [1.82, 2.24) is 14.9 Å². The van der Waals surface area contributed by atoms with Gasteiger partial charge in [0.15, 0.2) is 5.82 Å². The Balaban J connectivity index is 1.64. The highest BCUT2D eigenvalue weighted by molar-refractivity contribution is 5.70. The van der Waals surface area contributed by atoms with E-state index in [1.165, 1.54) is 0 Å². The van der Waals surface area contributed by atoms with Crippen LogP contribution in [-0.2, 0) is 17.7 Å². The van der Waals surface area contributed by atoms with Gasteiger partial charge in [-0.25, -0.2) is 14.8 Å². The van der Waals surface area contributed by atoms with Crippen LogP contribution in [0.2, 0.25) is 0 Å². The first kappa shape index (κ1) is 17.8. The molecule has 0 radical (unpaired) electrons. The summed E-state index contributed by atoms with van der Waals surface area (Å²) in [6, 6.07) is 6.89. The van der Waals surface area contributed by atoms with Gasteiger partial charge in [-0.05, 0) is 64.3 Å². The van der Waals surface area contributed by atoms with Gasteiger partial charge >= 0.3 is 6.09 Å². The van der Waals surface area contributed by atoms with Crippen molar-refractivity contribution in [1.29, 1.82) is 0 Å². The number of rotatable bonds is 1. The van der Waals surface area contributed by atoms with E-state index in [2.05, 4.69) is 4.98 Å². The van der Waals surface area contributed by atoms with Crippen LogP contribution in [0, 0.1) is 0 Å². The molecule has 1 N–H and O–H groups in total. The average molecular weight is 367 g/mol. The molecule has 1 saturated carbocycles. The molecule has 1 fully saturated rings. The van der Waals surface area contributed by atoms with E-state index in [0.29, 0.717) is 12.4 Å². The maximum absolute atomic E-state index is 12.8. The van der Waals surface area contributed by atoms with Crippen molar-refractivity contribution in [2.45, 2.75) is 64.1 Å². The van der Waals surface area contributed by atoms with E-state index >= 15 is 0 Å². The van der Waals surface area contributed by atoms with Gasteiger partial charge in [0.1, 0.15) is 11.4 Å². The molecule has 0 bridgehead atoms. The van der Waals surface area contributed by atoms with E-state index in [0.717, 1.165) is 42.5 Å². The Kier molecular flexibility index (Phi) is 4.09. The minimum absolute atomic E-state index is 0.185. The molecule has 2 heterocycles. The normalized spacial score (nSPS) is 18.0. The molecular formula is C21H25N3O3. The maximum atomic E-state index is 12.8. The number of hydrogen-bond donors (Lipinski definition) is 1. The SMILES string of the molecule is CC(C)(C)OC(=O)N1Cc2cnc(-c3ccc(O)cc3)nc2CC12CCC2. The van der Waals surface area contributed by atoms with Gasteiger partial charge in [0.2, 0.25) is 0 Å². The van der Waals surface area contributed by atoms with Crippen molar-refractivity contribution in [3.8, 4) is 17.1 Å². The smallest absolute Gasteiger partial charge is 0.411 e. The fourth-order valence-electron chi connectivity index (χ4n) is 3.83. The summed E-state index contributed by atoms with van der Waals surface area (Å²) in [5, 5.41) is 9.48. The standard InChI is InChI=1S/C21H25N3O3/c1-20(2,3)27-19(26)24-13-15-12-22-18(14-5-7-16(25)8-6-14)23-17(15)11-21(24)9-4-10-21/h5-8,12,25H,4,9-11,13H2,1-3H3. The minimum atomic E-state index is -0.512. The van der Waals surface area contributed by atoms with Crippen LogP contribution in [0.1, 0.15) is 51.3 Å². The highest BCUT2D eigenvalue weighted by Gasteiger charge is 2.49. The van der Waals surface area contributed by atoms with Gasteiger partial charge in [0.25, 0.3) is 0 Å². The van der Waals surface area contributed by atoms with Crippen LogP contribution in [-0.4, -0.2) is 37.2 Å². The first-order chi connectivity index (χ1) is 12.8. The fourth-order valence-corrected chi connectivity index (χ4v) is 3.83. The molecule has 0 atom stereocenters. The average Bonchev–Trinajstić information content (AvgIpc) is 2.58. The van der Waals surface area contributed by atoms with Crippen molar-refractivity contribution in [2.75, 3.05) is 0 Å². The first-order valence-corrected chi connectivity index (χ1v) is 9.41. The van der Waals surface area contributed by atoms with Gasteiger partial charge in [-0.2, -0.15) is 0 Å². The van der Waals surface area contributed by atoms with E-state index < -0.39 is 5.60 Å². The van der Waals surface area contributed by atoms with E-state index in [4.69, 9.17) is 9.72 Å². The van der Waals surface area contributed by atoms with Gasteiger partial charge in [-0.15, -0.1) is 0 Å². The predicted molar refractivity (Wildman–Crippen MR) is 101 cm³/mol. The van der Waals surface area contributed by atoms with Gasteiger partial charge in [0, 0.05) is 23.7 Å². The number of benzene rings is 1. The van der Waals surface area contributed by atoms with Crippen LogP contribution >= 0.6 is 0 Å². The second-order valence-corrected chi connectivity index (χ2v) is 8.53. The molecule has 1 amide bonds. The summed E-state index contributed by atoms with van der Waals surface area (Å²) in [7, 11) is 0. The molecular weight excluding hydrogens is 342 g/mol. The second-order valence-electron chi connectivity index (χ2n) is 8.53. The third-order valence-electron chi connectivity index (χ3n) is 5.38. The Morgan fingerprint density at radius 1 is 1.22 bits per heavy atom. The number of aromatic nitrogens is 2. The maximum Gasteiger partial charge on any atom is 0.411 e. The number of phenols is 1. The number of hydrogen-bond acceptors (Lipinski definition) is 5. The summed E-state index contributed by atoms with van der Waals surface area (Å²) >= 11 is 0. The van der Waals surface area contributed by atoms with E-state index in [9.17, 15) is 9.90 Å². The van der Waals surface area contributed by atoms with Gasteiger partial charge in [0.05, 0.1) is 17.8 Å². The second kappa shape index (κ2) is 6.22. The van der Waals surface area contributed by atoms with Gasteiger partial charge < -0.3 is 9.84 Å². The highest BCUT2D eigenvalue weighted by Crippen LogP contribution is 2.45. The lowest BCUT2D eigenvalue weighted by Gasteiger charge is -2.52. The van der Waals surface area contributed by atoms with Crippen LogP contribution in [0.15, 0.2) is 30.5 Å². The number of carbonyl (C=O) groups excluding carboxylic acids is 1. The molecule has 6 nitrogen and oxygen atoms in total. The quantitative estimate of drug-likeness (QED) is 0.822. The van der Waals surface area contributed by atoms with Crippen LogP contribution in [0.4, 0.5) is 4.79 Å². The Morgan fingerprint density at radius 3 is 2.52 bits per heavy atom. The lowest BCUT2D eigenvalue weighted by molar-refractivity contribution is -0.0361. The lowest BCUT2D eigenvalue weighted by Crippen LogP contribution is -2.60. The molecule has 2 aromatic rings. The molecule has 27 heavy (non-hydrogen) atoms. The zero-order chi connectivity index (χ0) is 19.2. The molecule has 1 aliphatic heterocycles. The summed E-state index contributed by atoms with van der Waals surface area (Å²) in [5.41, 5.74) is 2.15. The zero-order valence-electron chi connectivity index (χ0n) is 16.0. The molecule has 1 spiro atoms. The number of carbonyl (C=O) groups is 1. The molecule has 0 unspecified atom stereocenters. The first-order valence-electron chi connectivity index (χ1n) is 9.41. The third-order valence-corrected chi connectivity index (χ3v) is 5.38. The van der Waals surface area contributed by atoms with Crippen molar-refractivity contribution in [3.63, 3.8) is 0 Å². The number of phenolic OH excluding ortho intramolecular Hbond substituents is 1. The Labute approximate surface area is 159 Å². The summed E-state index contributed by atoms with van der Waals surface area (Å²) in [5.74, 6) is 0.868. The highest BCUT2D eigenvalue weighted by atomic mass is 16.6. The molecule has 6 heteroatoms. The van der Waals surface area contributed by atoms with Gasteiger partial charge in [-0.1, -0.05) is 0 Å². The van der Waals surface area contributed by atoms with E-state index in [-0.39, 0.29) is 17.4 Å². The number of fused-ring (bicyclic) bond motifs is 1. The fraction of sp³-hybridized carbons (Fsp3) is 0.476. The lowest BCUT2D eigenvalue weighted by atomic mass is 9.70. The molecule has 2 aliphatic rings. The summed E-state index contributed by atoms with van der Waals surface area (Å²) in [6.07, 6.45) is 5.36.